The monoisotopic (exact) mass is 410 g/mol. The number of hydrogen-bond acceptors (Lipinski definition) is 5. The molecule has 0 N–H and O–H groups in total. The number of pyridine rings is 1. The smallest absolute Gasteiger partial charge is 0.263 e. The van der Waals surface area contributed by atoms with Crippen molar-refractivity contribution in [3.8, 4) is 11.5 Å². The van der Waals surface area contributed by atoms with Gasteiger partial charge < -0.3 is 23.7 Å². The molecule has 1 unspecified atom stereocenters. The first kappa shape index (κ1) is 19.2. The minimum atomic E-state index is -0.230. The topological polar surface area (TPSA) is 70.0 Å². The Kier molecular flexibility index (Phi) is 4.98. The Morgan fingerprint density at radius 1 is 1.17 bits per heavy atom. The Hall–Kier alpha value is -2.80. The van der Waals surface area contributed by atoms with Crippen LogP contribution in [0.5, 0.6) is 11.5 Å². The van der Waals surface area contributed by atoms with Crippen LogP contribution in [-0.2, 0) is 17.8 Å². The van der Waals surface area contributed by atoms with E-state index in [1.54, 1.807) is 10.8 Å². The Balaban J connectivity index is 1.42. The molecular weight excluding hydrogens is 384 g/mol. The van der Waals surface area contributed by atoms with Gasteiger partial charge in [-0.2, -0.15) is 0 Å². The van der Waals surface area contributed by atoms with Crippen molar-refractivity contribution in [2.75, 3.05) is 13.4 Å². The van der Waals surface area contributed by atoms with E-state index in [1.165, 1.54) is 0 Å². The molecule has 1 saturated carbocycles. The number of carbonyl (C=O) groups excluding carboxylic acids is 1. The molecule has 1 aromatic carbocycles. The average molecular weight is 410 g/mol. The lowest BCUT2D eigenvalue weighted by Gasteiger charge is -2.24. The fraction of sp³-hybridized carbons (Fsp3) is 0.478. The number of aryl methyl sites for hydroxylation is 1. The molecule has 0 spiro atoms. The normalized spacial score (nSPS) is 19.8. The second kappa shape index (κ2) is 7.80. The maximum absolute atomic E-state index is 13.5. The molecule has 1 saturated heterocycles. The van der Waals surface area contributed by atoms with Crippen LogP contribution in [-0.4, -0.2) is 40.9 Å². The summed E-state index contributed by atoms with van der Waals surface area (Å²) in [7, 11) is 0. The maximum Gasteiger partial charge on any atom is 0.263 e. The van der Waals surface area contributed by atoms with Gasteiger partial charge >= 0.3 is 0 Å². The van der Waals surface area contributed by atoms with Crippen molar-refractivity contribution in [2.24, 2.45) is 0 Å². The predicted molar refractivity (Wildman–Crippen MR) is 110 cm³/mol. The summed E-state index contributed by atoms with van der Waals surface area (Å²) in [4.78, 5) is 28.5. The second-order valence-electron chi connectivity index (χ2n) is 8.32. The summed E-state index contributed by atoms with van der Waals surface area (Å²) in [6, 6.07) is 7.76. The Labute approximate surface area is 175 Å². The number of ether oxygens (including phenoxy) is 3. The number of hydrogen-bond donors (Lipinski definition) is 0. The summed E-state index contributed by atoms with van der Waals surface area (Å²) in [5.74, 6) is 1.23. The third kappa shape index (κ3) is 3.69. The van der Waals surface area contributed by atoms with Gasteiger partial charge in [-0.3, -0.25) is 9.59 Å². The minimum Gasteiger partial charge on any atom is -0.454 e. The zero-order valence-electron chi connectivity index (χ0n) is 17.1. The zero-order chi connectivity index (χ0) is 20.7. The largest absolute Gasteiger partial charge is 0.454 e. The first-order valence-electron chi connectivity index (χ1n) is 10.6. The molecule has 2 aromatic rings. The van der Waals surface area contributed by atoms with Gasteiger partial charge in [0.05, 0.1) is 12.6 Å². The lowest BCUT2D eigenvalue weighted by atomic mass is 10.1. The number of amides is 1. The van der Waals surface area contributed by atoms with E-state index in [0.29, 0.717) is 24.4 Å². The molecule has 1 amide bonds. The summed E-state index contributed by atoms with van der Waals surface area (Å²) >= 11 is 0. The molecular formula is C23H26N2O5. The molecule has 7 heteroatoms. The lowest BCUT2D eigenvalue weighted by molar-refractivity contribution is 0.0723. The first-order chi connectivity index (χ1) is 14.6. The van der Waals surface area contributed by atoms with Crippen molar-refractivity contribution in [1.29, 1.82) is 0 Å². The lowest BCUT2D eigenvalue weighted by Crippen LogP contribution is -2.39. The molecule has 0 radical (unpaired) electrons. The van der Waals surface area contributed by atoms with Crippen LogP contribution in [0.15, 0.2) is 35.3 Å². The molecule has 1 aliphatic carbocycles. The molecule has 2 fully saturated rings. The molecule has 3 aliphatic rings. The molecule has 7 nitrogen and oxygen atoms in total. The molecule has 30 heavy (non-hydrogen) atoms. The standard InChI is InChI=1S/C23H26N2O5/c1-15-8-9-24(13-18-3-2-10-28-18)22(26)21(15)23(27)25(17-5-6-17)12-16-4-7-19-20(11-16)30-14-29-19/h4,7-9,11,17-18H,2-3,5-6,10,12-14H2,1H3. The van der Waals surface area contributed by atoms with E-state index in [2.05, 4.69) is 0 Å². The van der Waals surface area contributed by atoms with Crippen LogP contribution >= 0.6 is 0 Å². The molecule has 0 bridgehead atoms. The van der Waals surface area contributed by atoms with Gasteiger partial charge in [-0.25, -0.2) is 0 Å². The van der Waals surface area contributed by atoms with Crippen LogP contribution in [0.3, 0.4) is 0 Å². The first-order valence-corrected chi connectivity index (χ1v) is 10.6. The highest BCUT2D eigenvalue weighted by Gasteiger charge is 2.35. The van der Waals surface area contributed by atoms with Gasteiger partial charge in [-0.1, -0.05) is 6.07 Å². The summed E-state index contributed by atoms with van der Waals surface area (Å²) in [6.07, 6.45) is 5.71. The fourth-order valence-electron chi connectivity index (χ4n) is 4.21. The maximum atomic E-state index is 13.5. The SMILES string of the molecule is Cc1ccn(CC2CCCO2)c(=O)c1C(=O)N(Cc1ccc2c(c1)OCO2)C1CC1. The third-order valence-electron chi connectivity index (χ3n) is 6.05. The van der Waals surface area contributed by atoms with Crippen molar-refractivity contribution in [3.05, 3.63) is 57.5 Å². The van der Waals surface area contributed by atoms with Gasteiger partial charge in [0.15, 0.2) is 11.5 Å². The van der Waals surface area contributed by atoms with Gasteiger partial charge in [-0.15, -0.1) is 0 Å². The van der Waals surface area contributed by atoms with E-state index < -0.39 is 0 Å². The summed E-state index contributed by atoms with van der Waals surface area (Å²) < 4.78 is 18.1. The number of nitrogens with zero attached hydrogens (tertiary/aromatic N) is 2. The van der Waals surface area contributed by atoms with Crippen LogP contribution in [0.4, 0.5) is 0 Å². The summed E-state index contributed by atoms with van der Waals surface area (Å²) in [5.41, 5.74) is 1.72. The van der Waals surface area contributed by atoms with Gasteiger partial charge in [-0.05, 0) is 61.9 Å². The predicted octanol–water partition coefficient (Wildman–Crippen LogP) is 2.87. The van der Waals surface area contributed by atoms with Crippen molar-refractivity contribution in [2.45, 2.75) is 57.8 Å². The molecule has 1 atom stereocenters. The zero-order valence-corrected chi connectivity index (χ0v) is 17.1. The van der Waals surface area contributed by atoms with E-state index in [1.807, 2.05) is 36.1 Å². The van der Waals surface area contributed by atoms with E-state index in [9.17, 15) is 9.59 Å². The van der Waals surface area contributed by atoms with Crippen molar-refractivity contribution < 1.29 is 19.0 Å². The minimum absolute atomic E-state index is 0.0431. The van der Waals surface area contributed by atoms with Gasteiger partial charge in [0.25, 0.3) is 11.5 Å². The summed E-state index contributed by atoms with van der Waals surface area (Å²) in [5, 5.41) is 0. The fourth-order valence-corrected chi connectivity index (χ4v) is 4.21. The Morgan fingerprint density at radius 2 is 2.00 bits per heavy atom. The highest BCUT2D eigenvalue weighted by Crippen LogP contribution is 2.35. The number of aromatic nitrogens is 1. The van der Waals surface area contributed by atoms with E-state index in [-0.39, 0.29) is 36.0 Å². The third-order valence-corrected chi connectivity index (χ3v) is 6.05. The quantitative estimate of drug-likeness (QED) is 0.733. The second-order valence-corrected chi connectivity index (χ2v) is 8.32. The van der Waals surface area contributed by atoms with E-state index >= 15 is 0 Å². The Bertz CT molecular complexity index is 1020. The Morgan fingerprint density at radius 3 is 2.77 bits per heavy atom. The van der Waals surface area contributed by atoms with Crippen molar-refractivity contribution in [3.63, 3.8) is 0 Å². The molecule has 1 aromatic heterocycles. The molecule has 158 valence electrons. The highest BCUT2D eigenvalue weighted by molar-refractivity contribution is 5.95. The van der Waals surface area contributed by atoms with E-state index in [0.717, 1.165) is 43.6 Å². The molecule has 2 aliphatic heterocycles. The average Bonchev–Trinajstić information content (AvgIpc) is 3.24. The summed E-state index contributed by atoms with van der Waals surface area (Å²) in [6.45, 7) is 3.72. The number of carbonyl (C=O) groups is 1. The highest BCUT2D eigenvalue weighted by atomic mass is 16.7. The number of benzene rings is 1. The van der Waals surface area contributed by atoms with E-state index in [4.69, 9.17) is 14.2 Å². The number of rotatable bonds is 6. The van der Waals surface area contributed by atoms with Crippen LogP contribution in [0.2, 0.25) is 0 Å². The van der Waals surface area contributed by atoms with Crippen molar-refractivity contribution in [1.82, 2.24) is 9.47 Å². The molecule has 5 rings (SSSR count). The van der Waals surface area contributed by atoms with Gasteiger partial charge in [0.1, 0.15) is 5.56 Å². The van der Waals surface area contributed by atoms with Crippen LogP contribution < -0.4 is 15.0 Å². The number of fused-ring (bicyclic) bond motifs is 1. The van der Waals surface area contributed by atoms with Crippen molar-refractivity contribution >= 4 is 5.91 Å². The van der Waals surface area contributed by atoms with Crippen LogP contribution in [0.25, 0.3) is 0 Å². The van der Waals surface area contributed by atoms with Crippen LogP contribution in [0.1, 0.15) is 47.2 Å². The van der Waals surface area contributed by atoms with Gasteiger partial charge in [0, 0.05) is 25.4 Å². The van der Waals surface area contributed by atoms with Crippen LogP contribution in [0, 0.1) is 6.92 Å². The van der Waals surface area contributed by atoms with Gasteiger partial charge in [0.2, 0.25) is 6.79 Å². The molecule has 3 heterocycles.